The smallest absolute Gasteiger partial charge is 0.233 e. The number of benzene rings is 2. The van der Waals surface area contributed by atoms with E-state index >= 15 is 0 Å². The van der Waals surface area contributed by atoms with Crippen molar-refractivity contribution in [1.29, 1.82) is 0 Å². The number of nitrogens with one attached hydrogen (secondary N) is 1. The van der Waals surface area contributed by atoms with Gasteiger partial charge in [-0.2, -0.15) is 0 Å². The van der Waals surface area contributed by atoms with Crippen molar-refractivity contribution >= 4 is 17.7 Å². The highest BCUT2D eigenvalue weighted by atomic mass is 32.2. The minimum atomic E-state index is -0.270. The molecule has 0 saturated heterocycles. The second kappa shape index (κ2) is 9.51. The monoisotopic (exact) mass is 391 g/mol. The van der Waals surface area contributed by atoms with Gasteiger partial charge in [0.25, 0.3) is 0 Å². The fourth-order valence-electron chi connectivity index (χ4n) is 2.86. The Morgan fingerprint density at radius 1 is 1.00 bits per heavy atom. The molecular formula is C23H25N3OS. The van der Waals surface area contributed by atoms with Crippen LogP contribution >= 0.6 is 11.8 Å². The molecule has 4 nitrogen and oxygen atoms in total. The lowest BCUT2D eigenvalue weighted by molar-refractivity contribution is -0.120. The lowest BCUT2D eigenvalue weighted by Gasteiger charge is -2.16. The molecule has 1 amide bonds. The van der Waals surface area contributed by atoms with Crippen LogP contribution in [0.3, 0.4) is 0 Å². The van der Waals surface area contributed by atoms with Crippen LogP contribution in [0.1, 0.15) is 31.0 Å². The number of nitrogens with zero attached hydrogens (tertiary/aromatic N) is 2. The van der Waals surface area contributed by atoms with Crippen LogP contribution in [0.2, 0.25) is 0 Å². The quantitative estimate of drug-likeness (QED) is 0.462. The van der Waals surface area contributed by atoms with E-state index in [0.717, 1.165) is 17.0 Å². The van der Waals surface area contributed by atoms with Crippen molar-refractivity contribution in [2.24, 2.45) is 0 Å². The van der Waals surface area contributed by atoms with Gasteiger partial charge in [0.1, 0.15) is 0 Å². The minimum absolute atomic E-state index is 0.000789. The number of carbonyl (C=O) groups excluding carboxylic acids is 1. The third-order valence-electron chi connectivity index (χ3n) is 4.51. The van der Waals surface area contributed by atoms with Gasteiger partial charge in [0.15, 0.2) is 5.16 Å². The van der Waals surface area contributed by atoms with Crippen LogP contribution in [0, 0.1) is 6.92 Å². The molecule has 2 atom stereocenters. The Balaban J connectivity index is 1.61. The van der Waals surface area contributed by atoms with Gasteiger partial charge in [-0.25, -0.2) is 9.97 Å². The first-order valence-corrected chi connectivity index (χ1v) is 10.3. The van der Waals surface area contributed by atoms with E-state index in [0.29, 0.717) is 11.7 Å². The molecule has 28 heavy (non-hydrogen) atoms. The zero-order valence-electron chi connectivity index (χ0n) is 16.4. The van der Waals surface area contributed by atoms with Crippen molar-refractivity contribution in [3.05, 3.63) is 78.0 Å². The van der Waals surface area contributed by atoms with Crippen molar-refractivity contribution in [1.82, 2.24) is 15.3 Å². The van der Waals surface area contributed by atoms with Gasteiger partial charge in [-0.05, 0) is 31.4 Å². The van der Waals surface area contributed by atoms with Crippen molar-refractivity contribution < 1.29 is 4.79 Å². The van der Waals surface area contributed by atoms with Crippen LogP contribution in [-0.4, -0.2) is 27.7 Å². The number of aryl methyl sites for hydroxylation is 1. The van der Waals surface area contributed by atoms with Crippen LogP contribution in [0.4, 0.5) is 0 Å². The van der Waals surface area contributed by atoms with Crippen molar-refractivity contribution in [3.63, 3.8) is 0 Å². The molecule has 144 valence electrons. The van der Waals surface area contributed by atoms with E-state index in [1.165, 1.54) is 17.3 Å². The van der Waals surface area contributed by atoms with Gasteiger partial charge in [-0.15, -0.1) is 0 Å². The maximum Gasteiger partial charge on any atom is 0.233 e. The fraction of sp³-hybridized carbons (Fsp3) is 0.261. The molecule has 0 spiro atoms. The molecular weight excluding hydrogens is 366 g/mol. The van der Waals surface area contributed by atoms with E-state index in [4.69, 9.17) is 0 Å². The Hall–Kier alpha value is -2.66. The largest absolute Gasteiger partial charge is 0.355 e. The summed E-state index contributed by atoms with van der Waals surface area (Å²) in [7, 11) is 0. The van der Waals surface area contributed by atoms with E-state index < -0.39 is 0 Å². The molecule has 0 bridgehead atoms. The van der Waals surface area contributed by atoms with E-state index in [1.54, 1.807) is 0 Å². The van der Waals surface area contributed by atoms with Gasteiger partial charge in [-0.3, -0.25) is 4.79 Å². The molecule has 0 unspecified atom stereocenters. The fourth-order valence-corrected chi connectivity index (χ4v) is 3.71. The minimum Gasteiger partial charge on any atom is -0.355 e. The van der Waals surface area contributed by atoms with Crippen LogP contribution < -0.4 is 5.32 Å². The SMILES string of the molecule is Cc1cc(-c2ccccc2)nc(S[C@H](C)C(=O)NC[C@H](C)c2ccccc2)n1. The highest BCUT2D eigenvalue weighted by Gasteiger charge is 2.18. The third-order valence-corrected chi connectivity index (χ3v) is 5.47. The van der Waals surface area contributed by atoms with Gasteiger partial charge < -0.3 is 5.32 Å². The van der Waals surface area contributed by atoms with Gasteiger partial charge in [0, 0.05) is 17.8 Å². The van der Waals surface area contributed by atoms with E-state index in [-0.39, 0.29) is 17.1 Å². The Morgan fingerprint density at radius 2 is 1.64 bits per heavy atom. The number of thioether (sulfide) groups is 1. The molecule has 0 aliphatic carbocycles. The van der Waals surface area contributed by atoms with Gasteiger partial charge in [-0.1, -0.05) is 79.3 Å². The first-order valence-electron chi connectivity index (χ1n) is 9.43. The molecule has 0 aliphatic rings. The molecule has 0 fully saturated rings. The Bertz CT molecular complexity index is 916. The summed E-state index contributed by atoms with van der Waals surface area (Å²) in [5.41, 5.74) is 4.03. The highest BCUT2D eigenvalue weighted by molar-refractivity contribution is 8.00. The van der Waals surface area contributed by atoms with Crippen LogP contribution in [0.15, 0.2) is 71.9 Å². The second-order valence-electron chi connectivity index (χ2n) is 6.86. The van der Waals surface area contributed by atoms with Gasteiger partial charge >= 0.3 is 0 Å². The maximum atomic E-state index is 12.5. The van der Waals surface area contributed by atoms with E-state index in [2.05, 4.69) is 34.3 Å². The summed E-state index contributed by atoms with van der Waals surface area (Å²) < 4.78 is 0. The molecule has 0 saturated carbocycles. The zero-order valence-corrected chi connectivity index (χ0v) is 17.2. The number of rotatable bonds is 7. The summed E-state index contributed by atoms with van der Waals surface area (Å²) in [5, 5.41) is 3.40. The van der Waals surface area contributed by atoms with Crippen molar-refractivity contribution in [2.45, 2.75) is 37.1 Å². The van der Waals surface area contributed by atoms with Crippen molar-refractivity contribution in [2.75, 3.05) is 6.54 Å². The molecule has 0 radical (unpaired) electrons. The molecule has 1 aromatic heterocycles. The molecule has 1 heterocycles. The Morgan fingerprint density at radius 3 is 2.32 bits per heavy atom. The Kier molecular flexibility index (Phi) is 6.82. The first kappa shape index (κ1) is 20.1. The number of amides is 1. The second-order valence-corrected chi connectivity index (χ2v) is 8.17. The molecule has 3 aromatic rings. The normalized spacial score (nSPS) is 13.0. The van der Waals surface area contributed by atoms with Crippen LogP contribution in [0.25, 0.3) is 11.3 Å². The topological polar surface area (TPSA) is 54.9 Å². The summed E-state index contributed by atoms with van der Waals surface area (Å²) in [4.78, 5) is 21.7. The van der Waals surface area contributed by atoms with Crippen LogP contribution in [-0.2, 0) is 4.79 Å². The number of hydrogen-bond donors (Lipinski definition) is 1. The van der Waals surface area contributed by atoms with Crippen molar-refractivity contribution in [3.8, 4) is 11.3 Å². The highest BCUT2D eigenvalue weighted by Crippen LogP contribution is 2.24. The summed E-state index contributed by atoms with van der Waals surface area (Å²) in [6, 6.07) is 22.2. The summed E-state index contributed by atoms with van der Waals surface area (Å²) in [6.45, 7) is 6.56. The standard InChI is InChI=1S/C23H25N3OS/c1-16(19-10-6-4-7-11-19)15-24-22(27)18(3)28-23-25-17(2)14-21(26-23)20-12-8-5-9-13-20/h4-14,16,18H,15H2,1-3H3,(H,24,27)/t16-,18+/m0/s1. The predicted molar refractivity (Wildman–Crippen MR) is 115 cm³/mol. The molecule has 2 aromatic carbocycles. The van der Waals surface area contributed by atoms with Gasteiger partial charge in [0.2, 0.25) is 5.91 Å². The molecule has 1 N–H and O–H groups in total. The van der Waals surface area contributed by atoms with E-state index in [9.17, 15) is 4.79 Å². The molecule has 0 aliphatic heterocycles. The molecule has 3 rings (SSSR count). The predicted octanol–water partition coefficient (Wildman–Crippen LogP) is 4.85. The number of aromatic nitrogens is 2. The average molecular weight is 392 g/mol. The summed E-state index contributed by atoms with van der Waals surface area (Å²) >= 11 is 1.39. The zero-order chi connectivity index (χ0) is 19.9. The number of hydrogen-bond acceptors (Lipinski definition) is 4. The first-order chi connectivity index (χ1) is 13.5. The van der Waals surface area contributed by atoms with Gasteiger partial charge in [0.05, 0.1) is 10.9 Å². The maximum absolute atomic E-state index is 12.5. The summed E-state index contributed by atoms with van der Waals surface area (Å²) in [5.74, 6) is 0.265. The average Bonchev–Trinajstić information content (AvgIpc) is 2.72. The van der Waals surface area contributed by atoms with E-state index in [1.807, 2.05) is 68.4 Å². The lowest BCUT2D eigenvalue weighted by Crippen LogP contribution is -2.33. The molecule has 5 heteroatoms. The summed E-state index contributed by atoms with van der Waals surface area (Å²) in [6.07, 6.45) is 0. The number of carbonyl (C=O) groups is 1. The Labute approximate surface area is 170 Å². The lowest BCUT2D eigenvalue weighted by atomic mass is 10.0. The third kappa shape index (κ3) is 5.42. The van der Waals surface area contributed by atoms with Crippen LogP contribution in [0.5, 0.6) is 0 Å².